The molecule has 1 heterocycles. The minimum Gasteiger partial charge on any atom is -0.212 e. The standard InChI is InChI=1S/C15H12BrN3/c1-11-6-8-12(9-7-11)15-10-17-18-19(15)14-5-3-2-4-13(14)16/h2-10H,1H3. The fraction of sp³-hybridized carbons (Fsp3) is 0.0667. The summed E-state index contributed by atoms with van der Waals surface area (Å²) in [7, 11) is 0. The monoisotopic (exact) mass is 313 g/mol. The maximum absolute atomic E-state index is 4.18. The van der Waals surface area contributed by atoms with Crippen LogP contribution >= 0.6 is 15.9 Å². The number of hydrogen-bond acceptors (Lipinski definition) is 2. The molecule has 4 heteroatoms. The van der Waals surface area contributed by atoms with Gasteiger partial charge in [0.2, 0.25) is 0 Å². The van der Waals surface area contributed by atoms with E-state index in [1.165, 1.54) is 5.56 Å². The Morgan fingerprint density at radius 3 is 2.47 bits per heavy atom. The first kappa shape index (κ1) is 12.1. The molecule has 0 radical (unpaired) electrons. The molecule has 2 aromatic carbocycles. The van der Waals surface area contributed by atoms with Gasteiger partial charge in [0.05, 0.1) is 17.6 Å². The molecule has 0 aliphatic heterocycles. The second-order valence-electron chi connectivity index (χ2n) is 4.35. The van der Waals surface area contributed by atoms with Gasteiger partial charge in [0.15, 0.2) is 0 Å². The minimum absolute atomic E-state index is 0.979. The molecule has 0 bridgehead atoms. The van der Waals surface area contributed by atoms with Crippen molar-refractivity contribution in [1.82, 2.24) is 15.0 Å². The molecule has 0 N–H and O–H groups in total. The van der Waals surface area contributed by atoms with Crippen LogP contribution in [0.3, 0.4) is 0 Å². The quantitative estimate of drug-likeness (QED) is 0.715. The van der Waals surface area contributed by atoms with Crippen LogP contribution < -0.4 is 0 Å². The molecule has 0 spiro atoms. The molecule has 19 heavy (non-hydrogen) atoms. The molecular formula is C15H12BrN3. The highest BCUT2D eigenvalue weighted by Gasteiger charge is 2.10. The zero-order valence-electron chi connectivity index (χ0n) is 10.4. The summed E-state index contributed by atoms with van der Waals surface area (Å²) in [5.74, 6) is 0. The lowest BCUT2D eigenvalue weighted by Gasteiger charge is -2.08. The fourth-order valence-electron chi connectivity index (χ4n) is 1.96. The number of aromatic nitrogens is 3. The third kappa shape index (κ3) is 2.31. The number of aryl methyl sites for hydroxylation is 1. The zero-order chi connectivity index (χ0) is 13.2. The smallest absolute Gasteiger partial charge is 0.0944 e. The third-order valence-corrected chi connectivity index (χ3v) is 3.65. The van der Waals surface area contributed by atoms with E-state index in [2.05, 4.69) is 57.4 Å². The van der Waals surface area contributed by atoms with Crippen LogP contribution in [0.4, 0.5) is 0 Å². The molecule has 94 valence electrons. The highest BCUT2D eigenvalue weighted by Crippen LogP contribution is 2.26. The predicted molar refractivity (Wildman–Crippen MR) is 79.2 cm³/mol. The molecule has 3 nitrogen and oxygen atoms in total. The summed E-state index contributed by atoms with van der Waals surface area (Å²) in [6.07, 6.45) is 1.78. The SMILES string of the molecule is Cc1ccc(-c2cnnn2-c2ccccc2Br)cc1. The van der Waals surface area contributed by atoms with Crippen molar-refractivity contribution in [3.05, 3.63) is 64.8 Å². The molecule has 0 unspecified atom stereocenters. The van der Waals surface area contributed by atoms with Crippen LogP contribution in [0.5, 0.6) is 0 Å². The van der Waals surface area contributed by atoms with Gasteiger partial charge in [0.1, 0.15) is 0 Å². The Kier molecular flexibility index (Phi) is 3.17. The van der Waals surface area contributed by atoms with Gasteiger partial charge in [-0.15, -0.1) is 5.10 Å². The third-order valence-electron chi connectivity index (χ3n) is 2.98. The summed E-state index contributed by atoms with van der Waals surface area (Å²) >= 11 is 3.55. The van der Waals surface area contributed by atoms with Crippen LogP contribution in [0.1, 0.15) is 5.56 Å². The second kappa shape index (κ2) is 4.97. The number of para-hydroxylation sites is 1. The van der Waals surface area contributed by atoms with Crippen molar-refractivity contribution in [2.24, 2.45) is 0 Å². The minimum atomic E-state index is 0.979. The maximum atomic E-state index is 4.18. The zero-order valence-corrected chi connectivity index (χ0v) is 12.0. The van der Waals surface area contributed by atoms with E-state index in [1.54, 1.807) is 6.20 Å². The van der Waals surface area contributed by atoms with E-state index in [1.807, 2.05) is 28.9 Å². The van der Waals surface area contributed by atoms with Crippen molar-refractivity contribution in [3.63, 3.8) is 0 Å². The Labute approximate surface area is 120 Å². The highest BCUT2D eigenvalue weighted by molar-refractivity contribution is 9.10. The largest absolute Gasteiger partial charge is 0.212 e. The van der Waals surface area contributed by atoms with Crippen molar-refractivity contribution in [3.8, 4) is 16.9 Å². The lowest BCUT2D eigenvalue weighted by molar-refractivity contribution is 0.805. The Balaban J connectivity index is 2.13. The molecule has 3 rings (SSSR count). The summed E-state index contributed by atoms with van der Waals surface area (Å²) < 4.78 is 2.84. The molecule has 3 aromatic rings. The van der Waals surface area contributed by atoms with E-state index in [9.17, 15) is 0 Å². The summed E-state index contributed by atoms with van der Waals surface area (Å²) in [6.45, 7) is 2.08. The van der Waals surface area contributed by atoms with Gasteiger partial charge in [-0.05, 0) is 35.0 Å². The number of halogens is 1. The van der Waals surface area contributed by atoms with Crippen molar-refractivity contribution in [2.45, 2.75) is 6.92 Å². The van der Waals surface area contributed by atoms with Crippen molar-refractivity contribution in [2.75, 3.05) is 0 Å². The molecule has 0 aliphatic rings. The Morgan fingerprint density at radius 2 is 1.74 bits per heavy atom. The van der Waals surface area contributed by atoms with E-state index >= 15 is 0 Å². The van der Waals surface area contributed by atoms with Gasteiger partial charge in [-0.25, -0.2) is 4.68 Å². The summed E-state index contributed by atoms with van der Waals surface area (Å²) in [5.41, 5.74) is 4.30. The van der Waals surface area contributed by atoms with Gasteiger partial charge in [-0.3, -0.25) is 0 Å². The summed E-state index contributed by atoms with van der Waals surface area (Å²) in [5, 5.41) is 8.21. The summed E-state index contributed by atoms with van der Waals surface area (Å²) in [6, 6.07) is 16.3. The van der Waals surface area contributed by atoms with Crippen molar-refractivity contribution >= 4 is 15.9 Å². The van der Waals surface area contributed by atoms with E-state index < -0.39 is 0 Å². The topological polar surface area (TPSA) is 30.7 Å². The molecule has 0 fully saturated rings. The number of nitrogens with zero attached hydrogens (tertiary/aromatic N) is 3. The van der Waals surface area contributed by atoms with Crippen LogP contribution in [-0.4, -0.2) is 15.0 Å². The first-order chi connectivity index (χ1) is 9.25. The average Bonchev–Trinajstić information content (AvgIpc) is 2.89. The number of rotatable bonds is 2. The van der Waals surface area contributed by atoms with Crippen LogP contribution in [-0.2, 0) is 0 Å². The highest BCUT2D eigenvalue weighted by atomic mass is 79.9. The predicted octanol–water partition coefficient (Wildman–Crippen LogP) is 4.01. The lowest BCUT2D eigenvalue weighted by atomic mass is 10.1. The molecule has 0 saturated carbocycles. The van der Waals surface area contributed by atoms with Gasteiger partial charge in [0, 0.05) is 10.0 Å². The number of hydrogen-bond donors (Lipinski definition) is 0. The fourth-order valence-corrected chi connectivity index (χ4v) is 2.41. The molecule has 0 atom stereocenters. The maximum Gasteiger partial charge on any atom is 0.0944 e. The van der Waals surface area contributed by atoms with Crippen LogP contribution in [0, 0.1) is 6.92 Å². The van der Waals surface area contributed by atoms with Gasteiger partial charge >= 0.3 is 0 Å². The average molecular weight is 314 g/mol. The lowest BCUT2D eigenvalue weighted by Crippen LogP contribution is -2.00. The van der Waals surface area contributed by atoms with E-state index in [0.29, 0.717) is 0 Å². The Hall–Kier alpha value is -1.94. The van der Waals surface area contributed by atoms with E-state index in [4.69, 9.17) is 0 Å². The van der Waals surface area contributed by atoms with Gasteiger partial charge in [-0.2, -0.15) is 0 Å². The first-order valence-corrected chi connectivity index (χ1v) is 6.77. The van der Waals surface area contributed by atoms with E-state index in [-0.39, 0.29) is 0 Å². The van der Waals surface area contributed by atoms with Gasteiger partial charge < -0.3 is 0 Å². The van der Waals surface area contributed by atoms with Gasteiger partial charge in [0.25, 0.3) is 0 Å². The molecule has 1 aromatic heterocycles. The van der Waals surface area contributed by atoms with Crippen LogP contribution in [0.2, 0.25) is 0 Å². The van der Waals surface area contributed by atoms with Crippen molar-refractivity contribution < 1.29 is 0 Å². The van der Waals surface area contributed by atoms with Crippen LogP contribution in [0.25, 0.3) is 16.9 Å². The normalized spacial score (nSPS) is 10.6. The molecule has 0 aliphatic carbocycles. The Morgan fingerprint density at radius 1 is 1.00 bits per heavy atom. The molecule has 0 saturated heterocycles. The van der Waals surface area contributed by atoms with Crippen molar-refractivity contribution in [1.29, 1.82) is 0 Å². The second-order valence-corrected chi connectivity index (χ2v) is 5.20. The van der Waals surface area contributed by atoms with Gasteiger partial charge in [-0.1, -0.05) is 47.2 Å². The summed E-state index contributed by atoms with van der Waals surface area (Å²) in [4.78, 5) is 0. The van der Waals surface area contributed by atoms with E-state index in [0.717, 1.165) is 21.4 Å². The van der Waals surface area contributed by atoms with Crippen LogP contribution in [0.15, 0.2) is 59.2 Å². The Bertz CT molecular complexity index is 701. The number of benzene rings is 2. The molecule has 0 amide bonds. The first-order valence-electron chi connectivity index (χ1n) is 5.98. The molecular weight excluding hydrogens is 302 g/mol.